The van der Waals surface area contributed by atoms with Gasteiger partial charge in [0.15, 0.2) is 11.6 Å². The van der Waals surface area contributed by atoms with E-state index < -0.39 is 6.04 Å². The number of nitrogens with zero attached hydrogens (tertiary/aromatic N) is 3. The molecule has 0 spiro atoms. The van der Waals surface area contributed by atoms with Crippen LogP contribution >= 0.6 is 47.8 Å². The first-order valence-corrected chi connectivity index (χ1v) is 12.8. The van der Waals surface area contributed by atoms with Crippen LogP contribution in [0.1, 0.15) is 28.0 Å². The highest BCUT2D eigenvalue weighted by Gasteiger charge is 2.40. The fraction of sp³-hybridized carbons (Fsp3) is 0.0769. The lowest BCUT2D eigenvalue weighted by molar-refractivity contribution is 0.0895. The van der Waals surface area contributed by atoms with Crippen molar-refractivity contribution in [2.75, 3.05) is 0 Å². The molecule has 0 N–H and O–H groups in total. The minimum absolute atomic E-state index is 0.0737. The molecule has 33 heavy (non-hydrogen) atoms. The minimum atomic E-state index is -0.453. The van der Waals surface area contributed by atoms with Gasteiger partial charge in [0.05, 0.1) is 22.8 Å². The zero-order valence-electron chi connectivity index (χ0n) is 17.1. The molecule has 1 aliphatic rings. The van der Waals surface area contributed by atoms with Crippen LogP contribution in [0, 0.1) is 0 Å². The van der Waals surface area contributed by atoms with Crippen molar-refractivity contribution in [2.45, 2.75) is 12.1 Å². The molecule has 3 aromatic carbocycles. The van der Waals surface area contributed by atoms with Crippen LogP contribution in [-0.2, 0) is 0 Å². The van der Waals surface area contributed by atoms with E-state index >= 15 is 0 Å². The fourth-order valence-corrected chi connectivity index (χ4v) is 5.63. The van der Waals surface area contributed by atoms with Gasteiger partial charge in [-0.25, -0.2) is 4.98 Å². The SMILES string of the molecule is O=C(c1ccccc1)[C@H]1[C@H](c2ccc(Br)cc2)n2c(nc3cc(Br)c(Br)cc32)-c2cccn21. The van der Waals surface area contributed by atoms with Crippen LogP contribution in [0.15, 0.2) is 98.5 Å². The van der Waals surface area contributed by atoms with Gasteiger partial charge in [-0.1, -0.05) is 58.4 Å². The largest absolute Gasteiger partial charge is 0.332 e. The van der Waals surface area contributed by atoms with Gasteiger partial charge in [0.25, 0.3) is 0 Å². The molecule has 0 saturated carbocycles. The van der Waals surface area contributed by atoms with Crippen LogP contribution < -0.4 is 0 Å². The summed E-state index contributed by atoms with van der Waals surface area (Å²) in [6.45, 7) is 0. The van der Waals surface area contributed by atoms with E-state index in [0.717, 1.165) is 41.5 Å². The van der Waals surface area contributed by atoms with Gasteiger partial charge in [-0.3, -0.25) is 4.79 Å². The lowest BCUT2D eigenvalue weighted by atomic mass is 9.90. The predicted octanol–water partition coefficient (Wildman–Crippen LogP) is 7.82. The molecule has 7 heteroatoms. The summed E-state index contributed by atoms with van der Waals surface area (Å²) >= 11 is 10.8. The van der Waals surface area contributed by atoms with Crippen molar-refractivity contribution >= 4 is 64.6 Å². The molecule has 0 radical (unpaired) electrons. The number of carbonyl (C=O) groups excluding carboxylic acids is 1. The number of carbonyl (C=O) groups is 1. The first-order valence-electron chi connectivity index (χ1n) is 10.4. The number of hydrogen-bond acceptors (Lipinski definition) is 2. The molecule has 0 unspecified atom stereocenters. The first-order chi connectivity index (χ1) is 16.0. The van der Waals surface area contributed by atoms with Gasteiger partial charge in [0.2, 0.25) is 0 Å². The van der Waals surface area contributed by atoms with Gasteiger partial charge in [-0.2, -0.15) is 0 Å². The molecule has 0 saturated heterocycles. The van der Waals surface area contributed by atoms with Crippen molar-refractivity contribution in [3.63, 3.8) is 0 Å². The van der Waals surface area contributed by atoms with Gasteiger partial charge < -0.3 is 9.13 Å². The Labute approximate surface area is 215 Å². The van der Waals surface area contributed by atoms with Crippen molar-refractivity contribution in [3.05, 3.63) is 110 Å². The summed E-state index contributed by atoms with van der Waals surface area (Å²) in [5.41, 5.74) is 4.53. The highest BCUT2D eigenvalue weighted by molar-refractivity contribution is 9.13. The average molecular weight is 626 g/mol. The van der Waals surface area contributed by atoms with Crippen molar-refractivity contribution in [1.29, 1.82) is 0 Å². The summed E-state index contributed by atoms with van der Waals surface area (Å²) in [5.74, 6) is 0.926. The third kappa shape index (κ3) is 3.36. The maximum Gasteiger partial charge on any atom is 0.188 e. The topological polar surface area (TPSA) is 39.8 Å². The molecule has 0 bridgehead atoms. The quantitative estimate of drug-likeness (QED) is 0.192. The van der Waals surface area contributed by atoms with Gasteiger partial charge in [-0.05, 0) is 73.8 Å². The van der Waals surface area contributed by atoms with Crippen LogP contribution in [0.2, 0.25) is 0 Å². The van der Waals surface area contributed by atoms with E-state index in [4.69, 9.17) is 4.98 Å². The Bertz CT molecular complexity index is 1520. The predicted molar refractivity (Wildman–Crippen MR) is 141 cm³/mol. The van der Waals surface area contributed by atoms with Crippen LogP contribution in [0.5, 0.6) is 0 Å². The molecule has 0 aliphatic carbocycles. The van der Waals surface area contributed by atoms with Gasteiger partial charge in [-0.15, -0.1) is 0 Å². The second-order valence-electron chi connectivity index (χ2n) is 8.03. The van der Waals surface area contributed by atoms with Crippen LogP contribution in [0.3, 0.4) is 0 Å². The van der Waals surface area contributed by atoms with E-state index in [0.29, 0.717) is 5.56 Å². The van der Waals surface area contributed by atoms with Crippen LogP contribution in [-0.4, -0.2) is 19.9 Å². The van der Waals surface area contributed by atoms with E-state index in [1.54, 1.807) is 0 Å². The van der Waals surface area contributed by atoms with Crippen molar-refractivity contribution < 1.29 is 4.79 Å². The Hall–Kier alpha value is -2.48. The summed E-state index contributed by atoms with van der Waals surface area (Å²) in [4.78, 5) is 19.0. The van der Waals surface area contributed by atoms with E-state index in [-0.39, 0.29) is 11.8 Å². The maximum atomic E-state index is 14.0. The van der Waals surface area contributed by atoms with Crippen LogP contribution in [0.25, 0.3) is 22.6 Å². The fourth-order valence-electron chi connectivity index (χ4n) is 4.71. The summed E-state index contributed by atoms with van der Waals surface area (Å²) in [6, 6.07) is 25.1. The summed E-state index contributed by atoms with van der Waals surface area (Å²) in [7, 11) is 0. The number of hydrogen-bond donors (Lipinski definition) is 0. The molecule has 0 fully saturated rings. The molecule has 162 valence electrons. The molecule has 3 heterocycles. The van der Waals surface area contributed by atoms with E-state index in [1.165, 1.54) is 0 Å². The smallest absolute Gasteiger partial charge is 0.188 e. The summed E-state index contributed by atoms with van der Waals surface area (Å²) in [5, 5.41) is 0. The van der Waals surface area contributed by atoms with Crippen molar-refractivity contribution in [3.8, 4) is 11.5 Å². The number of aromatic nitrogens is 3. The zero-order valence-corrected chi connectivity index (χ0v) is 21.9. The first kappa shape index (κ1) is 21.1. The lowest BCUT2D eigenvalue weighted by Gasteiger charge is -2.36. The molecule has 4 nitrogen and oxygen atoms in total. The summed E-state index contributed by atoms with van der Waals surface area (Å²) < 4.78 is 7.18. The highest BCUT2D eigenvalue weighted by Crippen LogP contribution is 2.46. The number of benzene rings is 3. The highest BCUT2D eigenvalue weighted by atomic mass is 79.9. The Balaban J connectivity index is 1.68. The lowest BCUT2D eigenvalue weighted by Crippen LogP contribution is -2.34. The number of imidazole rings is 1. The number of ketones is 1. The standard InChI is InChI=1S/C26H16Br3N3O/c27-17-10-8-15(9-11-17)23-24(25(33)16-5-2-1-3-6-16)31-12-4-7-21(31)26-30-20-13-18(28)19(29)14-22(20)32(23)26/h1-14,23-24H/t23-,24+/m0/s1. The van der Waals surface area contributed by atoms with Gasteiger partial charge in [0.1, 0.15) is 6.04 Å². The Morgan fingerprint density at radius 2 is 1.58 bits per heavy atom. The van der Waals surface area contributed by atoms with E-state index in [1.807, 2.05) is 66.9 Å². The van der Waals surface area contributed by atoms with E-state index in [9.17, 15) is 4.79 Å². The van der Waals surface area contributed by atoms with Crippen molar-refractivity contribution in [2.24, 2.45) is 0 Å². The Kier molecular flexibility index (Phi) is 5.16. The average Bonchev–Trinajstić information content (AvgIpc) is 3.44. The van der Waals surface area contributed by atoms with Gasteiger partial charge in [0, 0.05) is 25.2 Å². The monoisotopic (exact) mass is 623 g/mol. The second-order valence-corrected chi connectivity index (χ2v) is 10.7. The Morgan fingerprint density at radius 1 is 0.848 bits per heavy atom. The normalized spacial score (nSPS) is 17.1. The number of halogens is 3. The molecular weight excluding hydrogens is 610 g/mol. The van der Waals surface area contributed by atoms with Crippen LogP contribution in [0.4, 0.5) is 0 Å². The Morgan fingerprint density at radius 3 is 2.33 bits per heavy atom. The molecule has 1 aliphatic heterocycles. The number of Topliss-reactive ketones (excluding diaryl/α,β-unsaturated/α-hetero) is 1. The molecule has 6 rings (SSSR count). The second kappa shape index (κ2) is 8.08. The molecular formula is C26H16Br3N3O. The molecule has 2 aromatic heterocycles. The third-order valence-electron chi connectivity index (χ3n) is 6.15. The maximum absolute atomic E-state index is 14.0. The third-order valence-corrected chi connectivity index (χ3v) is 8.53. The molecule has 2 atom stereocenters. The number of fused-ring (bicyclic) bond motifs is 5. The van der Waals surface area contributed by atoms with Gasteiger partial charge >= 0.3 is 0 Å². The molecule has 5 aromatic rings. The summed E-state index contributed by atoms with van der Waals surface area (Å²) in [6.07, 6.45) is 1.99. The minimum Gasteiger partial charge on any atom is -0.332 e. The zero-order chi connectivity index (χ0) is 22.7. The number of rotatable bonds is 3. The molecule has 0 amide bonds. The van der Waals surface area contributed by atoms with E-state index in [2.05, 4.69) is 75.1 Å². The van der Waals surface area contributed by atoms with Crippen molar-refractivity contribution in [1.82, 2.24) is 14.1 Å².